The zero-order valence-electron chi connectivity index (χ0n) is 18.2. The van der Waals surface area contributed by atoms with Gasteiger partial charge < -0.3 is 19.5 Å². The molecule has 5 nitrogen and oxygen atoms in total. The summed E-state index contributed by atoms with van der Waals surface area (Å²) in [6.07, 6.45) is 4.15. The molecule has 0 aliphatic carbocycles. The van der Waals surface area contributed by atoms with Crippen LogP contribution in [0.1, 0.15) is 45.2 Å². The van der Waals surface area contributed by atoms with Gasteiger partial charge in [-0.1, -0.05) is 39.8 Å². The largest absolute Gasteiger partial charge is 0.495 e. The Kier molecular flexibility index (Phi) is 7.71. The molecule has 0 heterocycles. The van der Waals surface area contributed by atoms with Crippen molar-refractivity contribution >= 4 is 17.7 Å². The van der Waals surface area contributed by atoms with Crippen LogP contribution in [0.4, 0.5) is 5.69 Å². The molecular formula is C24H31NO4. The van der Waals surface area contributed by atoms with Gasteiger partial charge in [0.05, 0.1) is 26.5 Å². The Balaban J connectivity index is 2.15. The molecule has 29 heavy (non-hydrogen) atoms. The zero-order chi connectivity index (χ0) is 21.4. The minimum Gasteiger partial charge on any atom is -0.495 e. The maximum Gasteiger partial charge on any atom is 0.248 e. The summed E-state index contributed by atoms with van der Waals surface area (Å²) in [5.41, 5.74) is 2.58. The number of carbonyl (C=O) groups excluding carboxylic acids is 1. The van der Waals surface area contributed by atoms with Crippen LogP contribution in [-0.4, -0.2) is 26.7 Å². The van der Waals surface area contributed by atoms with Crippen molar-refractivity contribution in [3.63, 3.8) is 0 Å². The molecule has 5 heteroatoms. The molecule has 1 N–H and O–H groups in total. The molecule has 2 rings (SSSR count). The molecule has 0 atom stereocenters. The molecule has 0 aliphatic heterocycles. The van der Waals surface area contributed by atoms with Crippen LogP contribution in [0.3, 0.4) is 0 Å². The molecule has 2 aromatic rings. The molecular weight excluding hydrogens is 366 g/mol. The second-order valence-corrected chi connectivity index (χ2v) is 7.75. The monoisotopic (exact) mass is 397 g/mol. The van der Waals surface area contributed by atoms with Crippen LogP contribution in [0.25, 0.3) is 6.08 Å². The van der Waals surface area contributed by atoms with Gasteiger partial charge in [-0.05, 0) is 53.3 Å². The van der Waals surface area contributed by atoms with Gasteiger partial charge >= 0.3 is 0 Å². The Morgan fingerprint density at radius 2 is 1.69 bits per heavy atom. The minimum atomic E-state index is -0.236. The van der Waals surface area contributed by atoms with Crippen LogP contribution >= 0.6 is 0 Å². The number of hydrogen-bond donors (Lipinski definition) is 1. The zero-order valence-corrected chi connectivity index (χ0v) is 18.2. The van der Waals surface area contributed by atoms with Gasteiger partial charge in [-0.3, -0.25) is 4.79 Å². The molecule has 0 saturated carbocycles. The molecule has 0 radical (unpaired) electrons. The van der Waals surface area contributed by atoms with Crippen LogP contribution in [0.2, 0.25) is 0 Å². The molecule has 2 aromatic carbocycles. The van der Waals surface area contributed by atoms with Crippen molar-refractivity contribution in [3.8, 4) is 17.2 Å². The Bertz CT molecular complexity index is 866. The van der Waals surface area contributed by atoms with Crippen LogP contribution in [-0.2, 0) is 10.2 Å². The van der Waals surface area contributed by atoms with Gasteiger partial charge in [0.25, 0.3) is 0 Å². The summed E-state index contributed by atoms with van der Waals surface area (Å²) in [5, 5.41) is 2.91. The number of hydrogen-bond acceptors (Lipinski definition) is 4. The molecule has 0 unspecified atom stereocenters. The third-order valence-electron chi connectivity index (χ3n) is 4.40. The topological polar surface area (TPSA) is 56.8 Å². The van der Waals surface area contributed by atoms with E-state index in [1.165, 1.54) is 6.08 Å². The highest BCUT2D eigenvalue weighted by atomic mass is 16.5. The van der Waals surface area contributed by atoms with Crippen molar-refractivity contribution in [3.05, 3.63) is 53.6 Å². The highest BCUT2D eigenvalue weighted by Crippen LogP contribution is 2.32. The lowest BCUT2D eigenvalue weighted by Gasteiger charge is -2.21. The fraction of sp³-hybridized carbons (Fsp3) is 0.375. The number of methoxy groups -OCH3 is 2. The van der Waals surface area contributed by atoms with E-state index in [0.29, 0.717) is 29.5 Å². The first kappa shape index (κ1) is 22.3. The molecule has 0 saturated heterocycles. The predicted octanol–water partition coefficient (Wildman–Crippen LogP) is 5.44. The van der Waals surface area contributed by atoms with Gasteiger partial charge in [-0.2, -0.15) is 0 Å². The second-order valence-electron chi connectivity index (χ2n) is 7.75. The van der Waals surface area contributed by atoms with E-state index in [0.717, 1.165) is 17.5 Å². The molecule has 1 amide bonds. The first-order valence-corrected chi connectivity index (χ1v) is 9.77. The van der Waals surface area contributed by atoms with Gasteiger partial charge in [0.2, 0.25) is 5.91 Å². The SMILES string of the molecule is CCCOc1ccc(/C=C/C(=O)Nc2cc(C(C)(C)C)ccc2OC)cc1OC. The van der Waals surface area contributed by atoms with Crippen LogP contribution < -0.4 is 19.5 Å². The van der Waals surface area contributed by atoms with Crippen molar-refractivity contribution in [2.24, 2.45) is 0 Å². The maximum absolute atomic E-state index is 12.5. The van der Waals surface area contributed by atoms with E-state index < -0.39 is 0 Å². The lowest BCUT2D eigenvalue weighted by molar-refractivity contribution is -0.111. The second kappa shape index (κ2) is 10.0. The van der Waals surface area contributed by atoms with Gasteiger partial charge in [-0.15, -0.1) is 0 Å². The molecule has 0 aliphatic rings. The van der Waals surface area contributed by atoms with Crippen molar-refractivity contribution in [2.45, 2.75) is 39.5 Å². The van der Waals surface area contributed by atoms with Crippen molar-refractivity contribution in [2.75, 3.05) is 26.1 Å². The lowest BCUT2D eigenvalue weighted by atomic mass is 9.87. The van der Waals surface area contributed by atoms with E-state index in [1.807, 2.05) is 43.3 Å². The van der Waals surface area contributed by atoms with E-state index in [1.54, 1.807) is 20.3 Å². The van der Waals surface area contributed by atoms with E-state index in [4.69, 9.17) is 14.2 Å². The average molecular weight is 398 g/mol. The highest BCUT2D eigenvalue weighted by Gasteiger charge is 2.16. The Labute approximate surface area is 173 Å². The lowest BCUT2D eigenvalue weighted by Crippen LogP contribution is -2.14. The fourth-order valence-corrected chi connectivity index (χ4v) is 2.74. The number of amides is 1. The van der Waals surface area contributed by atoms with Crippen molar-refractivity contribution < 1.29 is 19.0 Å². The first-order chi connectivity index (χ1) is 13.8. The van der Waals surface area contributed by atoms with E-state index in [-0.39, 0.29) is 11.3 Å². The first-order valence-electron chi connectivity index (χ1n) is 9.77. The average Bonchev–Trinajstić information content (AvgIpc) is 2.70. The van der Waals surface area contributed by atoms with Crippen molar-refractivity contribution in [1.82, 2.24) is 0 Å². The summed E-state index contributed by atoms with van der Waals surface area (Å²) in [6.45, 7) is 9.06. The Morgan fingerprint density at radius 1 is 1.00 bits per heavy atom. The third kappa shape index (κ3) is 6.28. The Hall–Kier alpha value is -2.95. The molecule has 0 bridgehead atoms. The predicted molar refractivity (Wildman–Crippen MR) is 118 cm³/mol. The minimum absolute atomic E-state index is 0.0280. The quantitative estimate of drug-likeness (QED) is 0.603. The van der Waals surface area contributed by atoms with Gasteiger partial charge in [0.15, 0.2) is 11.5 Å². The fourth-order valence-electron chi connectivity index (χ4n) is 2.74. The van der Waals surface area contributed by atoms with Crippen LogP contribution in [0.5, 0.6) is 17.2 Å². The number of benzene rings is 2. The summed E-state index contributed by atoms with van der Waals surface area (Å²) >= 11 is 0. The smallest absolute Gasteiger partial charge is 0.248 e. The van der Waals surface area contributed by atoms with Crippen molar-refractivity contribution in [1.29, 1.82) is 0 Å². The number of anilines is 1. The van der Waals surface area contributed by atoms with Gasteiger partial charge in [-0.25, -0.2) is 0 Å². The van der Waals surface area contributed by atoms with Gasteiger partial charge in [0, 0.05) is 6.08 Å². The number of ether oxygens (including phenoxy) is 3. The highest BCUT2D eigenvalue weighted by molar-refractivity contribution is 6.02. The normalized spacial score (nSPS) is 11.4. The van der Waals surface area contributed by atoms with E-state index in [9.17, 15) is 4.79 Å². The summed E-state index contributed by atoms with van der Waals surface area (Å²) in [5.74, 6) is 1.72. The summed E-state index contributed by atoms with van der Waals surface area (Å²) in [4.78, 5) is 12.5. The molecule has 0 aromatic heterocycles. The number of nitrogens with one attached hydrogen (secondary N) is 1. The number of rotatable bonds is 8. The van der Waals surface area contributed by atoms with Gasteiger partial charge in [0.1, 0.15) is 5.75 Å². The van der Waals surface area contributed by atoms with Crippen LogP contribution in [0.15, 0.2) is 42.5 Å². The molecule has 156 valence electrons. The Morgan fingerprint density at radius 3 is 2.31 bits per heavy atom. The number of carbonyl (C=O) groups is 1. The van der Waals surface area contributed by atoms with E-state index >= 15 is 0 Å². The summed E-state index contributed by atoms with van der Waals surface area (Å²) in [7, 11) is 3.19. The standard InChI is InChI=1S/C24H31NO4/c1-7-14-29-21-11-8-17(15-22(21)28-6)9-13-23(26)25-19-16-18(24(2,3)4)10-12-20(19)27-5/h8-13,15-16H,7,14H2,1-6H3,(H,25,26)/b13-9+. The molecule has 0 spiro atoms. The van der Waals surface area contributed by atoms with Crippen LogP contribution in [0, 0.1) is 0 Å². The molecule has 0 fully saturated rings. The summed E-state index contributed by atoms with van der Waals surface area (Å²) < 4.78 is 16.4. The maximum atomic E-state index is 12.5. The van der Waals surface area contributed by atoms with E-state index in [2.05, 4.69) is 26.1 Å². The third-order valence-corrected chi connectivity index (χ3v) is 4.40. The summed E-state index contributed by atoms with van der Waals surface area (Å²) in [6, 6.07) is 11.4.